The molecule has 0 N–H and O–H groups in total. The van der Waals surface area contributed by atoms with Crippen molar-refractivity contribution in [1.82, 2.24) is 0 Å². The molecule has 5 rings (SSSR count). The summed E-state index contributed by atoms with van der Waals surface area (Å²) < 4.78 is 23.3. The number of methoxy groups -OCH3 is 2. The van der Waals surface area contributed by atoms with Crippen LogP contribution in [0.3, 0.4) is 0 Å². The fourth-order valence-electron chi connectivity index (χ4n) is 5.24. The van der Waals surface area contributed by atoms with E-state index in [0.717, 1.165) is 41.9 Å². The number of halogens is 1. The zero-order valence-corrected chi connectivity index (χ0v) is 23.7. The summed E-state index contributed by atoms with van der Waals surface area (Å²) in [5, 5.41) is 0.635. The van der Waals surface area contributed by atoms with Crippen LogP contribution in [0.25, 0.3) is 0 Å². The van der Waals surface area contributed by atoms with E-state index < -0.39 is 6.04 Å². The lowest BCUT2D eigenvalue weighted by Crippen LogP contribution is -2.41. The average molecular weight is 551 g/mol. The minimum atomic E-state index is -0.410. The Morgan fingerprint density at radius 2 is 1.69 bits per heavy atom. The monoisotopic (exact) mass is 550 g/mol. The standard InChI is InChI=1S/C31H35ClN2O5/c1-5-20(2)39-29-19-25-22(16-28(29)37-4)17-30(35)34(31(25)21-6-8-23(32)9-7-21)26-11-10-24(18-27(26)36-3)33-12-14-38-15-13-33/h6-11,16,18-20,31H,5,12-15,17H2,1-4H3/t20-,31?/m1/s1. The first-order chi connectivity index (χ1) is 18.9. The quantitative estimate of drug-likeness (QED) is 0.340. The van der Waals surface area contributed by atoms with Gasteiger partial charge in [0.15, 0.2) is 11.5 Å². The molecule has 3 aromatic rings. The SMILES string of the molecule is CC[C@@H](C)Oc1cc2c(cc1OC)CC(=O)N(c1ccc(N3CCOCC3)cc1OC)C2c1ccc(Cl)cc1. The highest BCUT2D eigenvalue weighted by Gasteiger charge is 2.37. The van der Waals surface area contributed by atoms with Crippen LogP contribution < -0.4 is 24.0 Å². The first-order valence-corrected chi connectivity index (χ1v) is 13.8. The lowest BCUT2D eigenvalue weighted by atomic mass is 9.86. The van der Waals surface area contributed by atoms with Gasteiger partial charge >= 0.3 is 0 Å². The third-order valence-corrected chi connectivity index (χ3v) is 7.73. The molecule has 2 atom stereocenters. The van der Waals surface area contributed by atoms with E-state index in [0.29, 0.717) is 41.2 Å². The number of rotatable bonds is 8. The molecule has 2 aliphatic heterocycles. The highest BCUT2D eigenvalue weighted by Crippen LogP contribution is 2.46. The topological polar surface area (TPSA) is 60.5 Å². The fraction of sp³-hybridized carbons (Fsp3) is 0.387. The van der Waals surface area contributed by atoms with E-state index in [-0.39, 0.29) is 18.4 Å². The Hall–Kier alpha value is -3.42. The van der Waals surface area contributed by atoms with Crippen LogP contribution in [0.1, 0.15) is 43.0 Å². The number of carbonyl (C=O) groups is 1. The van der Waals surface area contributed by atoms with Crippen molar-refractivity contribution < 1.29 is 23.7 Å². The van der Waals surface area contributed by atoms with Crippen LogP contribution in [0.15, 0.2) is 54.6 Å². The van der Waals surface area contributed by atoms with Crippen molar-refractivity contribution in [2.24, 2.45) is 0 Å². The van der Waals surface area contributed by atoms with Gasteiger partial charge in [-0.05, 0) is 66.4 Å². The molecule has 0 radical (unpaired) electrons. The Labute approximate surface area is 235 Å². The maximum atomic E-state index is 13.9. The van der Waals surface area contributed by atoms with Gasteiger partial charge in [0.05, 0.1) is 51.7 Å². The molecule has 2 aliphatic rings. The van der Waals surface area contributed by atoms with Crippen LogP contribution in [0.5, 0.6) is 17.2 Å². The molecule has 39 heavy (non-hydrogen) atoms. The van der Waals surface area contributed by atoms with Crippen molar-refractivity contribution >= 4 is 28.9 Å². The summed E-state index contributed by atoms with van der Waals surface area (Å²) >= 11 is 6.26. The molecule has 8 heteroatoms. The van der Waals surface area contributed by atoms with Crippen LogP contribution >= 0.6 is 11.6 Å². The van der Waals surface area contributed by atoms with Crippen molar-refractivity contribution in [3.63, 3.8) is 0 Å². The minimum absolute atomic E-state index is 0.0140. The molecule has 206 valence electrons. The lowest BCUT2D eigenvalue weighted by molar-refractivity contribution is -0.118. The number of morpholine rings is 1. The second-order valence-corrected chi connectivity index (χ2v) is 10.3. The number of carbonyl (C=O) groups excluding carboxylic acids is 1. The second kappa shape index (κ2) is 11.8. The predicted octanol–water partition coefficient (Wildman–Crippen LogP) is 6.05. The van der Waals surface area contributed by atoms with Gasteiger partial charge in [-0.2, -0.15) is 0 Å². The normalized spacial score (nSPS) is 18.0. The number of nitrogens with zero attached hydrogens (tertiary/aromatic N) is 2. The van der Waals surface area contributed by atoms with E-state index in [1.165, 1.54) is 0 Å². The molecule has 0 saturated carbocycles. The van der Waals surface area contributed by atoms with E-state index in [1.54, 1.807) is 14.2 Å². The summed E-state index contributed by atoms with van der Waals surface area (Å²) in [6.45, 7) is 7.12. The number of fused-ring (bicyclic) bond motifs is 1. The van der Waals surface area contributed by atoms with Gasteiger partial charge in [0, 0.05) is 29.9 Å². The highest BCUT2D eigenvalue weighted by molar-refractivity contribution is 6.30. The van der Waals surface area contributed by atoms with Gasteiger partial charge in [-0.3, -0.25) is 9.69 Å². The lowest BCUT2D eigenvalue weighted by Gasteiger charge is -2.39. The molecule has 7 nitrogen and oxygen atoms in total. The van der Waals surface area contributed by atoms with Crippen molar-refractivity contribution in [1.29, 1.82) is 0 Å². The smallest absolute Gasteiger partial charge is 0.232 e. The first-order valence-electron chi connectivity index (χ1n) is 13.4. The number of ether oxygens (including phenoxy) is 4. The molecule has 0 bridgehead atoms. The molecular weight excluding hydrogens is 516 g/mol. The molecule has 0 spiro atoms. The van der Waals surface area contributed by atoms with E-state index in [2.05, 4.69) is 17.9 Å². The van der Waals surface area contributed by atoms with Gasteiger partial charge in [-0.1, -0.05) is 30.7 Å². The maximum absolute atomic E-state index is 13.9. The maximum Gasteiger partial charge on any atom is 0.232 e. The van der Waals surface area contributed by atoms with Crippen molar-refractivity contribution in [3.8, 4) is 17.2 Å². The summed E-state index contributed by atoms with van der Waals surface area (Å²) in [7, 11) is 3.27. The minimum Gasteiger partial charge on any atom is -0.494 e. The fourth-order valence-corrected chi connectivity index (χ4v) is 5.36. The summed E-state index contributed by atoms with van der Waals surface area (Å²) in [5.74, 6) is 1.89. The van der Waals surface area contributed by atoms with Gasteiger partial charge in [0.1, 0.15) is 5.75 Å². The van der Waals surface area contributed by atoms with Crippen LogP contribution in [0, 0.1) is 0 Å². The summed E-state index contributed by atoms with van der Waals surface area (Å²) in [5.41, 5.74) is 4.59. The molecule has 1 fully saturated rings. The van der Waals surface area contributed by atoms with Crippen molar-refractivity contribution in [3.05, 3.63) is 76.3 Å². The molecule has 1 amide bonds. The van der Waals surface area contributed by atoms with Gasteiger partial charge < -0.3 is 23.8 Å². The zero-order chi connectivity index (χ0) is 27.5. The number of benzene rings is 3. The Balaban J connectivity index is 1.65. The van der Waals surface area contributed by atoms with E-state index in [4.69, 9.17) is 30.5 Å². The summed E-state index contributed by atoms with van der Waals surface area (Å²) in [4.78, 5) is 18.0. The average Bonchev–Trinajstić information content (AvgIpc) is 2.97. The van der Waals surface area contributed by atoms with Gasteiger partial charge in [0.2, 0.25) is 5.91 Å². The van der Waals surface area contributed by atoms with E-state index >= 15 is 0 Å². The Morgan fingerprint density at radius 3 is 2.36 bits per heavy atom. The largest absolute Gasteiger partial charge is 0.494 e. The number of hydrogen-bond acceptors (Lipinski definition) is 6. The van der Waals surface area contributed by atoms with Crippen LogP contribution in [0.2, 0.25) is 5.02 Å². The summed E-state index contributed by atoms with van der Waals surface area (Å²) in [6, 6.07) is 17.2. The van der Waals surface area contributed by atoms with Crippen molar-refractivity contribution in [2.75, 3.05) is 50.3 Å². The Bertz CT molecular complexity index is 1320. The molecule has 1 unspecified atom stereocenters. The summed E-state index contributed by atoms with van der Waals surface area (Å²) in [6.07, 6.45) is 1.10. The molecular formula is C31H35ClN2O5. The number of anilines is 2. The van der Waals surface area contributed by atoms with Crippen LogP contribution in [0.4, 0.5) is 11.4 Å². The number of amides is 1. The van der Waals surface area contributed by atoms with E-state index in [9.17, 15) is 4.79 Å². The molecule has 1 saturated heterocycles. The van der Waals surface area contributed by atoms with Gasteiger partial charge in [-0.15, -0.1) is 0 Å². The molecule has 0 aromatic heterocycles. The molecule has 0 aliphatic carbocycles. The Morgan fingerprint density at radius 1 is 0.974 bits per heavy atom. The third kappa shape index (κ3) is 5.52. The van der Waals surface area contributed by atoms with E-state index in [1.807, 2.05) is 60.4 Å². The zero-order valence-electron chi connectivity index (χ0n) is 22.9. The second-order valence-electron chi connectivity index (χ2n) is 9.89. The van der Waals surface area contributed by atoms with Crippen LogP contribution in [-0.2, 0) is 16.0 Å². The van der Waals surface area contributed by atoms with Crippen molar-refractivity contribution in [2.45, 2.75) is 38.8 Å². The highest BCUT2D eigenvalue weighted by atomic mass is 35.5. The van der Waals surface area contributed by atoms with Crippen LogP contribution in [-0.4, -0.2) is 52.5 Å². The number of hydrogen-bond donors (Lipinski definition) is 0. The first kappa shape index (κ1) is 27.2. The third-order valence-electron chi connectivity index (χ3n) is 7.48. The van der Waals surface area contributed by atoms with Gasteiger partial charge in [-0.25, -0.2) is 0 Å². The predicted molar refractivity (Wildman–Crippen MR) is 154 cm³/mol. The Kier molecular flexibility index (Phi) is 8.19. The molecule has 3 aromatic carbocycles. The molecule has 2 heterocycles. The van der Waals surface area contributed by atoms with Gasteiger partial charge in [0.25, 0.3) is 0 Å².